The van der Waals surface area contributed by atoms with E-state index in [-0.39, 0.29) is 5.92 Å². The summed E-state index contributed by atoms with van der Waals surface area (Å²) in [5.74, 6) is 0.0977. The van der Waals surface area contributed by atoms with Crippen LogP contribution in [0.25, 0.3) is 0 Å². The summed E-state index contributed by atoms with van der Waals surface area (Å²) in [7, 11) is 0. The lowest BCUT2D eigenvalue weighted by molar-refractivity contribution is -0.0304. The van der Waals surface area contributed by atoms with Crippen LogP contribution in [0.1, 0.15) is 40.5 Å². The topological polar surface area (TPSA) is 29.5 Å². The molecular formula is C14H24O2. The van der Waals surface area contributed by atoms with Crippen LogP contribution in [0.3, 0.4) is 0 Å². The number of ether oxygens (including phenoxy) is 1. The summed E-state index contributed by atoms with van der Waals surface area (Å²) < 4.78 is 5.59. The molecule has 1 saturated heterocycles. The third-order valence-corrected chi connectivity index (χ3v) is 3.27. The van der Waals surface area contributed by atoms with Crippen LogP contribution in [0.15, 0.2) is 23.8 Å². The van der Waals surface area contributed by atoms with Gasteiger partial charge in [0.25, 0.3) is 0 Å². The summed E-state index contributed by atoms with van der Waals surface area (Å²) in [5, 5.41) is 10.1. The molecule has 0 aromatic rings. The zero-order chi connectivity index (χ0) is 12.3. The largest absolute Gasteiger partial charge is 0.389 e. The number of hydrogen-bond acceptors (Lipinski definition) is 2. The van der Waals surface area contributed by atoms with E-state index in [9.17, 15) is 5.11 Å². The van der Waals surface area contributed by atoms with Crippen LogP contribution in [0.2, 0.25) is 0 Å². The molecule has 0 unspecified atom stereocenters. The monoisotopic (exact) mass is 224 g/mol. The maximum atomic E-state index is 10.1. The fourth-order valence-corrected chi connectivity index (χ4v) is 2.04. The lowest BCUT2D eigenvalue weighted by atomic mass is 9.87. The van der Waals surface area contributed by atoms with Crippen LogP contribution < -0.4 is 0 Å². The predicted molar refractivity (Wildman–Crippen MR) is 67.3 cm³/mol. The van der Waals surface area contributed by atoms with Crippen molar-refractivity contribution < 1.29 is 9.84 Å². The van der Waals surface area contributed by atoms with Gasteiger partial charge in [0, 0.05) is 5.92 Å². The summed E-state index contributed by atoms with van der Waals surface area (Å²) in [4.78, 5) is 0. The summed E-state index contributed by atoms with van der Waals surface area (Å²) >= 11 is 0. The van der Waals surface area contributed by atoms with Crippen LogP contribution in [0.5, 0.6) is 0 Å². The van der Waals surface area contributed by atoms with Gasteiger partial charge in [-0.25, -0.2) is 0 Å². The molecule has 0 aliphatic carbocycles. The van der Waals surface area contributed by atoms with Crippen molar-refractivity contribution in [1.82, 2.24) is 0 Å². The SMILES string of the molecule is C=C(CCC=C(C)C)[C@@H]1COC(C)(C)[C@@H]1O. The van der Waals surface area contributed by atoms with E-state index in [4.69, 9.17) is 4.74 Å². The zero-order valence-corrected chi connectivity index (χ0v) is 10.9. The van der Waals surface area contributed by atoms with Crippen LogP contribution in [-0.2, 0) is 4.74 Å². The summed E-state index contributed by atoms with van der Waals surface area (Å²) in [5.41, 5.74) is 2.01. The van der Waals surface area contributed by atoms with Crippen LogP contribution in [0.4, 0.5) is 0 Å². The van der Waals surface area contributed by atoms with Gasteiger partial charge in [-0.15, -0.1) is 0 Å². The van der Waals surface area contributed by atoms with Crippen LogP contribution in [-0.4, -0.2) is 23.4 Å². The van der Waals surface area contributed by atoms with Crippen LogP contribution >= 0.6 is 0 Å². The fourth-order valence-electron chi connectivity index (χ4n) is 2.04. The van der Waals surface area contributed by atoms with Crippen molar-refractivity contribution in [2.45, 2.75) is 52.2 Å². The molecule has 1 aliphatic heterocycles. The Morgan fingerprint density at radius 3 is 2.56 bits per heavy atom. The molecule has 0 saturated carbocycles. The normalized spacial score (nSPS) is 27.8. The van der Waals surface area contributed by atoms with Gasteiger partial charge >= 0.3 is 0 Å². The Hall–Kier alpha value is -0.600. The van der Waals surface area contributed by atoms with Crippen molar-refractivity contribution in [2.75, 3.05) is 6.61 Å². The number of hydrogen-bond donors (Lipinski definition) is 1. The molecule has 2 nitrogen and oxygen atoms in total. The molecule has 1 fully saturated rings. The van der Waals surface area contributed by atoms with E-state index in [2.05, 4.69) is 26.5 Å². The van der Waals surface area contributed by atoms with E-state index in [0.717, 1.165) is 18.4 Å². The van der Waals surface area contributed by atoms with Crippen molar-refractivity contribution in [1.29, 1.82) is 0 Å². The molecule has 0 bridgehead atoms. The average molecular weight is 224 g/mol. The number of rotatable bonds is 4. The minimum atomic E-state index is -0.426. The number of aliphatic hydroxyl groups is 1. The Kier molecular flexibility index (Phi) is 4.34. The van der Waals surface area contributed by atoms with Crippen molar-refractivity contribution in [3.05, 3.63) is 23.8 Å². The maximum absolute atomic E-state index is 10.1. The molecule has 2 atom stereocenters. The molecule has 1 N–H and O–H groups in total. The molecule has 1 heterocycles. The zero-order valence-electron chi connectivity index (χ0n) is 10.9. The number of aliphatic hydroxyl groups excluding tert-OH is 1. The molecule has 1 aliphatic rings. The van der Waals surface area contributed by atoms with Gasteiger partial charge in [0.2, 0.25) is 0 Å². The first-order valence-electron chi connectivity index (χ1n) is 5.97. The van der Waals surface area contributed by atoms with Gasteiger partial charge in [-0.2, -0.15) is 0 Å². The van der Waals surface area contributed by atoms with Gasteiger partial charge in [-0.3, -0.25) is 0 Å². The first kappa shape index (κ1) is 13.5. The standard InChI is InChI=1S/C14H24O2/c1-10(2)7-6-8-11(3)12-9-16-14(4,5)13(12)15/h7,12-13,15H,3,6,8-9H2,1-2,4-5H3/t12-,13+/m0/s1. The Bertz CT molecular complexity index is 285. The van der Waals surface area contributed by atoms with E-state index in [1.165, 1.54) is 5.57 Å². The third-order valence-electron chi connectivity index (χ3n) is 3.27. The highest BCUT2D eigenvalue weighted by Crippen LogP contribution is 2.34. The second-order valence-corrected chi connectivity index (χ2v) is 5.44. The highest BCUT2D eigenvalue weighted by molar-refractivity contribution is 5.11. The molecule has 0 spiro atoms. The van der Waals surface area contributed by atoms with Gasteiger partial charge in [0.15, 0.2) is 0 Å². The van der Waals surface area contributed by atoms with Crippen molar-refractivity contribution >= 4 is 0 Å². The molecule has 0 amide bonds. The van der Waals surface area contributed by atoms with Crippen molar-refractivity contribution in [3.63, 3.8) is 0 Å². The molecular weight excluding hydrogens is 200 g/mol. The van der Waals surface area contributed by atoms with Gasteiger partial charge < -0.3 is 9.84 Å². The second kappa shape index (κ2) is 5.15. The second-order valence-electron chi connectivity index (χ2n) is 5.44. The minimum absolute atomic E-state index is 0.0977. The van der Waals surface area contributed by atoms with Gasteiger partial charge in [-0.05, 0) is 40.5 Å². The fraction of sp³-hybridized carbons (Fsp3) is 0.714. The van der Waals surface area contributed by atoms with Crippen molar-refractivity contribution in [3.8, 4) is 0 Å². The third kappa shape index (κ3) is 3.19. The lowest BCUT2D eigenvalue weighted by Gasteiger charge is -2.24. The van der Waals surface area contributed by atoms with E-state index in [1.807, 2.05) is 13.8 Å². The van der Waals surface area contributed by atoms with E-state index in [0.29, 0.717) is 6.61 Å². The number of allylic oxidation sites excluding steroid dienone is 2. The van der Waals surface area contributed by atoms with E-state index < -0.39 is 11.7 Å². The highest BCUT2D eigenvalue weighted by atomic mass is 16.5. The van der Waals surface area contributed by atoms with Crippen LogP contribution in [0, 0.1) is 5.92 Å². The van der Waals surface area contributed by atoms with Gasteiger partial charge in [-0.1, -0.05) is 23.8 Å². The predicted octanol–water partition coefficient (Wildman–Crippen LogP) is 3.07. The molecule has 92 valence electrons. The van der Waals surface area contributed by atoms with E-state index in [1.54, 1.807) is 0 Å². The Labute approximate surface area is 99.0 Å². The first-order valence-corrected chi connectivity index (χ1v) is 5.97. The Morgan fingerprint density at radius 1 is 1.50 bits per heavy atom. The Balaban J connectivity index is 2.47. The van der Waals surface area contributed by atoms with Gasteiger partial charge in [0.05, 0.1) is 18.3 Å². The molecule has 2 heteroatoms. The smallest absolute Gasteiger partial charge is 0.0911 e. The summed E-state index contributed by atoms with van der Waals surface area (Å²) in [6.07, 6.45) is 3.72. The van der Waals surface area contributed by atoms with Gasteiger partial charge in [0.1, 0.15) is 0 Å². The lowest BCUT2D eigenvalue weighted by Crippen LogP contribution is -2.35. The molecule has 0 aromatic carbocycles. The summed E-state index contributed by atoms with van der Waals surface area (Å²) in [6, 6.07) is 0. The highest BCUT2D eigenvalue weighted by Gasteiger charge is 2.42. The summed E-state index contributed by atoms with van der Waals surface area (Å²) in [6.45, 7) is 12.7. The quantitative estimate of drug-likeness (QED) is 0.744. The molecule has 16 heavy (non-hydrogen) atoms. The minimum Gasteiger partial charge on any atom is -0.389 e. The molecule has 0 aromatic heterocycles. The average Bonchev–Trinajstić information content (AvgIpc) is 2.41. The van der Waals surface area contributed by atoms with Crippen molar-refractivity contribution in [2.24, 2.45) is 5.92 Å². The molecule has 0 radical (unpaired) electrons. The van der Waals surface area contributed by atoms with E-state index >= 15 is 0 Å². The Morgan fingerprint density at radius 2 is 2.12 bits per heavy atom. The maximum Gasteiger partial charge on any atom is 0.0911 e. The molecule has 1 rings (SSSR count). The first-order chi connectivity index (χ1) is 7.34.